The Morgan fingerprint density at radius 1 is 0.952 bits per heavy atom. The van der Waals surface area contributed by atoms with Crippen molar-refractivity contribution >= 4 is 0 Å². The molecule has 0 bridgehead atoms. The van der Waals surface area contributed by atoms with E-state index in [1.165, 1.54) is 22.3 Å². The second kappa shape index (κ2) is 7.28. The fourth-order valence-corrected chi connectivity index (χ4v) is 2.79. The summed E-state index contributed by atoms with van der Waals surface area (Å²) in [7, 11) is 1.69. The molecule has 2 heteroatoms. The van der Waals surface area contributed by atoms with Gasteiger partial charge in [0.1, 0.15) is 5.75 Å². The van der Waals surface area contributed by atoms with Gasteiger partial charge in [0.25, 0.3) is 0 Å². The van der Waals surface area contributed by atoms with Crippen molar-refractivity contribution in [2.24, 2.45) is 11.7 Å². The van der Waals surface area contributed by atoms with Crippen molar-refractivity contribution in [1.82, 2.24) is 0 Å². The third kappa shape index (κ3) is 4.08. The highest BCUT2D eigenvalue weighted by Gasteiger charge is 2.12. The lowest BCUT2D eigenvalue weighted by Gasteiger charge is -2.18. The van der Waals surface area contributed by atoms with E-state index in [1.54, 1.807) is 7.11 Å². The van der Waals surface area contributed by atoms with Crippen LogP contribution in [0, 0.1) is 19.8 Å². The summed E-state index contributed by atoms with van der Waals surface area (Å²) in [5.74, 6) is 1.37. The fraction of sp³-hybridized carbons (Fsp3) is 0.368. The first-order valence-corrected chi connectivity index (χ1v) is 7.52. The van der Waals surface area contributed by atoms with Gasteiger partial charge in [0, 0.05) is 0 Å². The van der Waals surface area contributed by atoms with Crippen molar-refractivity contribution < 1.29 is 4.74 Å². The summed E-state index contributed by atoms with van der Waals surface area (Å²) in [6, 6.07) is 14.8. The molecule has 2 aromatic rings. The second-order valence-electron chi connectivity index (χ2n) is 5.73. The van der Waals surface area contributed by atoms with Crippen LogP contribution in [-0.2, 0) is 12.8 Å². The van der Waals surface area contributed by atoms with Crippen LogP contribution in [0.15, 0.2) is 42.5 Å². The van der Waals surface area contributed by atoms with Gasteiger partial charge in [-0.1, -0.05) is 30.3 Å². The van der Waals surface area contributed by atoms with Gasteiger partial charge in [-0.3, -0.25) is 0 Å². The van der Waals surface area contributed by atoms with E-state index >= 15 is 0 Å². The minimum absolute atomic E-state index is 0.471. The molecule has 0 spiro atoms. The van der Waals surface area contributed by atoms with Gasteiger partial charge >= 0.3 is 0 Å². The highest BCUT2D eigenvalue weighted by atomic mass is 16.5. The fourth-order valence-electron chi connectivity index (χ4n) is 2.79. The molecule has 0 amide bonds. The average Bonchev–Trinajstić information content (AvgIpc) is 2.50. The van der Waals surface area contributed by atoms with E-state index in [2.05, 4.69) is 44.2 Å². The Morgan fingerprint density at radius 2 is 1.57 bits per heavy atom. The molecule has 2 aromatic carbocycles. The van der Waals surface area contributed by atoms with E-state index in [9.17, 15) is 0 Å². The first kappa shape index (κ1) is 15.6. The van der Waals surface area contributed by atoms with Crippen molar-refractivity contribution in [1.29, 1.82) is 0 Å². The van der Waals surface area contributed by atoms with Crippen LogP contribution in [0.3, 0.4) is 0 Å². The molecule has 0 fully saturated rings. The van der Waals surface area contributed by atoms with Crippen LogP contribution in [0.5, 0.6) is 5.75 Å². The zero-order chi connectivity index (χ0) is 15.2. The lowest BCUT2D eigenvalue weighted by Crippen LogP contribution is -2.20. The third-order valence-electron chi connectivity index (χ3n) is 4.15. The maximum Gasteiger partial charge on any atom is 0.118 e. The summed E-state index contributed by atoms with van der Waals surface area (Å²) in [5.41, 5.74) is 11.5. The normalized spacial score (nSPS) is 12.2. The van der Waals surface area contributed by atoms with Crippen molar-refractivity contribution in [2.45, 2.75) is 26.7 Å². The molecule has 0 radical (unpaired) electrons. The number of rotatable bonds is 6. The van der Waals surface area contributed by atoms with Crippen molar-refractivity contribution in [2.75, 3.05) is 13.7 Å². The van der Waals surface area contributed by atoms with Crippen LogP contribution in [-0.4, -0.2) is 13.7 Å². The van der Waals surface area contributed by atoms with Crippen LogP contribution < -0.4 is 10.5 Å². The number of ether oxygens (including phenoxy) is 1. The van der Waals surface area contributed by atoms with Crippen LogP contribution in [0.4, 0.5) is 0 Å². The van der Waals surface area contributed by atoms with Gasteiger partial charge in [-0.15, -0.1) is 0 Å². The summed E-state index contributed by atoms with van der Waals surface area (Å²) in [6.07, 6.45) is 2.05. The molecule has 2 rings (SSSR count). The molecule has 0 heterocycles. The molecule has 0 saturated carbocycles. The molecule has 21 heavy (non-hydrogen) atoms. The zero-order valence-electron chi connectivity index (χ0n) is 13.2. The van der Waals surface area contributed by atoms with E-state index in [4.69, 9.17) is 10.5 Å². The zero-order valence-corrected chi connectivity index (χ0v) is 13.2. The summed E-state index contributed by atoms with van der Waals surface area (Å²) in [6.45, 7) is 5.08. The van der Waals surface area contributed by atoms with Gasteiger partial charge in [-0.2, -0.15) is 0 Å². The third-order valence-corrected chi connectivity index (χ3v) is 4.15. The van der Waals surface area contributed by atoms with Crippen molar-refractivity contribution in [3.8, 4) is 5.75 Å². The minimum Gasteiger partial charge on any atom is -0.497 e. The van der Waals surface area contributed by atoms with Gasteiger partial charge in [0.15, 0.2) is 0 Å². The molecule has 0 saturated heterocycles. The number of hydrogen-bond acceptors (Lipinski definition) is 2. The Balaban J connectivity index is 2.09. The topological polar surface area (TPSA) is 35.2 Å². The highest BCUT2D eigenvalue weighted by Crippen LogP contribution is 2.21. The number of nitrogens with two attached hydrogens (primary N) is 1. The second-order valence-corrected chi connectivity index (χ2v) is 5.73. The van der Waals surface area contributed by atoms with Crippen LogP contribution >= 0.6 is 0 Å². The van der Waals surface area contributed by atoms with E-state index < -0.39 is 0 Å². The van der Waals surface area contributed by atoms with Crippen LogP contribution in [0.1, 0.15) is 22.3 Å². The number of methoxy groups -OCH3 is 1. The van der Waals surface area contributed by atoms with Gasteiger partial charge in [0.05, 0.1) is 7.11 Å². The predicted octanol–water partition coefficient (Wildman–Crippen LogP) is 3.67. The monoisotopic (exact) mass is 283 g/mol. The van der Waals surface area contributed by atoms with E-state index in [0.29, 0.717) is 12.5 Å². The summed E-state index contributed by atoms with van der Waals surface area (Å²) >= 11 is 0. The molecule has 0 aromatic heterocycles. The number of hydrogen-bond donors (Lipinski definition) is 1. The summed E-state index contributed by atoms with van der Waals surface area (Å²) in [5, 5.41) is 0. The van der Waals surface area contributed by atoms with E-state index in [-0.39, 0.29) is 0 Å². The first-order valence-electron chi connectivity index (χ1n) is 7.52. The highest BCUT2D eigenvalue weighted by molar-refractivity contribution is 5.34. The van der Waals surface area contributed by atoms with Crippen LogP contribution in [0.2, 0.25) is 0 Å². The number of benzene rings is 2. The molecule has 0 aliphatic rings. The Kier molecular flexibility index (Phi) is 5.40. The molecule has 0 aliphatic heterocycles. The molecule has 0 aliphatic carbocycles. The molecule has 112 valence electrons. The quantitative estimate of drug-likeness (QED) is 0.878. The Labute approximate surface area is 127 Å². The molecular formula is C19H25NO. The first-order chi connectivity index (χ1) is 10.1. The maximum absolute atomic E-state index is 6.00. The Hall–Kier alpha value is -1.80. The molecule has 1 atom stereocenters. The van der Waals surface area contributed by atoms with E-state index in [1.807, 2.05) is 12.1 Å². The lowest BCUT2D eigenvalue weighted by atomic mass is 9.89. The molecule has 1 unspecified atom stereocenters. The Morgan fingerprint density at radius 3 is 2.10 bits per heavy atom. The van der Waals surface area contributed by atoms with Crippen molar-refractivity contribution in [3.05, 3.63) is 64.7 Å². The SMILES string of the molecule is COc1ccc(CC(CN)Cc2c(C)cccc2C)cc1. The van der Waals surface area contributed by atoms with Gasteiger partial charge < -0.3 is 10.5 Å². The molecule has 2 nitrogen and oxygen atoms in total. The van der Waals surface area contributed by atoms with E-state index in [0.717, 1.165) is 18.6 Å². The maximum atomic E-state index is 6.00. The largest absolute Gasteiger partial charge is 0.497 e. The molecule has 2 N–H and O–H groups in total. The smallest absolute Gasteiger partial charge is 0.118 e. The lowest BCUT2D eigenvalue weighted by molar-refractivity contribution is 0.414. The van der Waals surface area contributed by atoms with Crippen molar-refractivity contribution in [3.63, 3.8) is 0 Å². The summed E-state index contributed by atoms with van der Waals surface area (Å²) < 4.78 is 5.20. The number of aryl methyl sites for hydroxylation is 2. The van der Waals surface area contributed by atoms with Gasteiger partial charge in [-0.25, -0.2) is 0 Å². The Bertz CT molecular complexity index is 554. The van der Waals surface area contributed by atoms with Gasteiger partial charge in [0.2, 0.25) is 0 Å². The van der Waals surface area contributed by atoms with Gasteiger partial charge in [-0.05, 0) is 73.5 Å². The average molecular weight is 283 g/mol. The summed E-state index contributed by atoms with van der Waals surface area (Å²) in [4.78, 5) is 0. The van der Waals surface area contributed by atoms with Crippen LogP contribution in [0.25, 0.3) is 0 Å². The standard InChI is InChI=1S/C19H25NO/c1-14-5-4-6-15(2)19(14)12-17(13-20)11-16-7-9-18(21-3)10-8-16/h4-10,17H,11-13,20H2,1-3H3. The minimum atomic E-state index is 0.471. The predicted molar refractivity (Wildman–Crippen MR) is 88.9 cm³/mol. The molecular weight excluding hydrogens is 258 g/mol.